The maximum atomic E-state index is 13.6. The quantitative estimate of drug-likeness (QED) is 0.840. The van der Waals surface area contributed by atoms with E-state index in [0.29, 0.717) is 0 Å². The van der Waals surface area contributed by atoms with Gasteiger partial charge in [0, 0.05) is 22.6 Å². The van der Waals surface area contributed by atoms with Gasteiger partial charge in [0.1, 0.15) is 5.82 Å². The van der Waals surface area contributed by atoms with Crippen LogP contribution in [0, 0.1) is 12.7 Å². The van der Waals surface area contributed by atoms with Crippen LogP contribution < -0.4 is 0 Å². The van der Waals surface area contributed by atoms with Crippen molar-refractivity contribution < 1.29 is 9.50 Å². The van der Waals surface area contributed by atoms with Gasteiger partial charge in [-0.25, -0.2) is 4.39 Å². The van der Waals surface area contributed by atoms with E-state index < -0.39 is 11.9 Å². The van der Waals surface area contributed by atoms with Crippen LogP contribution in [-0.4, -0.2) is 9.67 Å². The summed E-state index contributed by atoms with van der Waals surface area (Å²) in [6.07, 6.45) is 2.25. The van der Waals surface area contributed by atoms with Gasteiger partial charge in [-0.2, -0.15) is 0 Å². The van der Waals surface area contributed by atoms with E-state index in [1.165, 1.54) is 6.07 Å². The Hall–Kier alpha value is -1.32. The molecule has 1 unspecified atom stereocenters. The Bertz CT molecular complexity index is 635. The van der Waals surface area contributed by atoms with Crippen LogP contribution in [0.15, 0.2) is 24.3 Å². The summed E-state index contributed by atoms with van der Waals surface area (Å²) in [4.78, 5) is 0. The summed E-state index contributed by atoms with van der Waals surface area (Å²) in [6.45, 7) is 1.97. The Morgan fingerprint density at radius 3 is 2.89 bits per heavy atom. The smallest absolute Gasteiger partial charge is 0.143 e. The Kier molecular flexibility index (Phi) is 3.11. The Balaban J connectivity index is 2.17. The van der Waals surface area contributed by atoms with Gasteiger partial charge in [0.05, 0.1) is 11.1 Å². The Morgan fingerprint density at radius 1 is 1.37 bits per heavy atom. The van der Waals surface area contributed by atoms with Crippen molar-refractivity contribution in [2.24, 2.45) is 0 Å². The average molecular weight is 280 g/mol. The third kappa shape index (κ3) is 2.07. The van der Waals surface area contributed by atoms with Gasteiger partial charge < -0.3 is 9.67 Å². The van der Waals surface area contributed by atoms with Gasteiger partial charge in [-0.15, -0.1) is 0 Å². The second-order valence-electron chi connectivity index (χ2n) is 5.03. The molecule has 1 aromatic carbocycles. The minimum Gasteiger partial charge on any atom is -0.388 e. The van der Waals surface area contributed by atoms with E-state index >= 15 is 0 Å². The van der Waals surface area contributed by atoms with Crippen LogP contribution in [0.25, 0.3) is 5.69 Å². The van der Waals surface area contributed by atoms with Crippen LogP contribution in [0.4, 0.5) is 4.39 Å². The van der Waals surface area contributed by atoms with Crippen molar-refractivity contribution in [1.82, 2.24) is 4.57 Å². The van der Waals surface area contributed by atoms with Crippen LogP contribution in [0.3, 0.4) is 0 Å². The molecule has 0 saturated heterocycles. The van der Waals surface area contributed by atoms with E-state index in [2.05, 4.69) is 0 Å². The summed E-state index contributed by atoms with van der Waals surface area (Å²) >= 11 is 5.72. The van der Waals surface area contributed by atoms with Crippen molar-refractivity contribution >= 4 is 11.6 Å². The molecule has 0 spiro atoms. The molecule has 0 saturated carbocycles. The van der Waals surface area contributed by atoms with Crippen molar-refractivity contribution in [3.8, 4) is 5.69 Å². The highest BCUT2D eigenvalue weighted by Crippen LogP contribution is 2.34. The van der Waals surface area contributed by atoms with E-state index in [4.69, 9.17) is 11.6 Å². The van der Waals surface area contributed by atoms with Crippen LogP contribution in [-0.2, 0) is 6.42 Å². The summed E-state index contributed by atoms with van der Waals surface area (Å²) < 4.78 is 15.6. The Morgan fingerprint density at radius 2 is 2.16 bits per heavy atom. The zero-order chi connectivity index (χ0) is 13.6. The lowest BCUT2D eigenvalue weighted by Crippen LogP contribution is -2.11. The van der Waals surface area contributed by atoms with Gasteiger partial charge in [0.25, 0.3) is 0 Å². The van der Waals surface area contributed by atoms with E-state index in [-0.39, 0.29) is 5.02 Å². The number of rotatable bonds is 1. The number of aromatic nitrogens is 1. The molecule has 0 radical (unpaired) electrons. The van der Waals surface area contributed by atoms with E-state index in [9.17, 15) is 9.50 Å². The SMILES string of the molecule is Cc1cc2c(n1-c1ccc(Cl)c(F)c1)CCCC2O. The molecule has 1 aromatic heterocycles. The minimum absolute atomic E-state index is 0.127. The number of hydrogen-bond acceptors (Lipinski definition) is 1. The lowest BCUT2D eigenvalue weighted by atomic mass is 9.95. The zero-order valence-electron chi connectivity index (χ0n) is 10.7. The monoisotopic (exact) mass is 279 g/mol. The maximum absolute atomic E-state index is 13.6. The minimum atomic E-state index is -0.419. The molecule has 3 rings (SSSR count). The first-order chi connectivity index (χ1) is 9.08. The fraction of sp³-hybridized carbons (Fsp3) is 0.333. The third-order valence-electron chi connectivity index (χ3n) is 3.73. The molecule has 2 nitrogen and oxygen atoms in total. The first kappa shape index (κ1) is 12.7. The van der Waals surface area contributed by atoms with Gasteiger partial charge in [-0.05, 0) is 50.5 Å². The highest BCUT2D eigenvalue weighted by molar-refractivity contribution is 6.30. The standard InChI is InChI=1S/C15H15ClFNO/c1-9-7-11-14(3-2-4-15(11)19)18(9)10-5-6-12(16)13(17)8-10/h5-8,15,19H,2-4H2,1H3. The molecule has 0 fully saturated rings. The first-order valence-electron chi connectivity index (χ1n) is 6.42. The number of fused-ring (bicyclic) bond motifs is 1. The molecule has 0 amide bonds. The summed E-state index contributed by atoms with van der Waals surface area (Å²) in [7, 11) is 0. The first-order valence-corrected chi connectivity index (χ1v) is 6.80. The molecular weight excluding hydrogens is 265 g/mol. The molecule has 1 aliphatic carbocycles. The summed E-state index contributed by atoms with van der Waals surface area (Å²) in [5, 5.41) is 10.2. The van der Waals surface area contributed by atoms with E-state index in [1.807, 2.05) is 17.6 Å². The highest BCUT2D eigenvalue weighted by atomic mass is 35.5. The predicted octanol–water partition coefficient (Wildman–Crippen LogP) is 3.95. The topological polar surface area (TPSA) is 25.2 Å². The van der Waals surface area contributed by atoms with Crippen molar-refractivity contribution in [2.45, 2.75) is 32.3 Å². The number of benzene rings is 1. The van der Waals surface area contributed by atoms with Crippen molar-refractivity contribution in [2.75, 3.05) is 0 Å². The molecule has 1 heterocycles. The number of aliphatic hydroxyl groups is 1. The maximum Gasteiger partial charge on any atom is 0.143 e. The number of aryl methyl sites for hydroxylation is 1. The van der Waals surface area contributed by atoms with Crippen LogP contribution in [0.5, 0.6) is 0 Å². The lowest BCUT2D eigenvalue weighted by Gasteiger charge is -2.20. The van der Waals surface area contributed by atoms with Crippen LogP contribution >= 0.6 is 11.6 Å². The van der Waals surface area contributed by atoms with E-state index in [1.54, 1.807) is 12.1 Å². The predicted molar refractivity (Wildman–Crippen MR) is 73.4 cm³/mol. The average Bonchev–Trinajstić information content (AvgIpc) is 2.71. The number of nitrogens with zero attached hydrogens (tertiary/aromatic N) is 1. The molecule has 19 heavy (non-hydrogen) atoms. The number of hydrogen-bond donors (Lipinski definition) is 1. The summed E-state index contributed by atoms with van der Waals surface area (Å²) in [5.41, 5.74) is 3.82. The van der Waals surface area contributed by atoms with Crippen molar-refractivity contribution in [3.63, 3.8) is 0 Å². The van der Waals surface area contributed by atoms with Gasteiger partial charge in [-0.3, -0.25) is 0 Å². The largest absolute Gasteiger partial charge is 0.388 e. The van der Waals surface area contributed by atoms with E-state index in [0.717, 1.165) is 41.9 Å². The number of halogens is 2. The summed E-state index contributed by atoms with van der Waals surface area (Å²) in [6, 6.07) is 6.80. The fourth-order valence-corrected chi connectivity index (χ4v) is 2.98. The fourth-order valence-electron chi connectivity index (χ4n) is 2.86. The second kappa shape index (κ2) is 4.66. The normalized spacial score (nSPS) is 18.4. The van der Waals surface area contributed by atoms with Gasteiger partial charge >= 0.3 is 0 Å². The molecular formula is C15H15ClFNO. The molecule has 0 bridgehead atoms. The van der Waals surface area contributed by atoms with Gasteiger partial charge in [-0.1, -0.05) is 11.6 Å². The lowest BCUT2D eigenvalue weighted by molar-refractivity contribution is 0.156. The zero-order valence-corrected chi connectivity index (χ0v) is 11.4. The molecule has 1 aliphatic rings. The van der Waals surface area contributed by atoms with Crippen molar-refractivity contribution in [1.29, 1.82) is 0 Å². The Labute approximate surface area is 116 Å². The summed E-state index contributed by atoms with van der Waals surface area (Å²) in [5.74, 6) is -0.419. The second-order valence-corrected chi connectivity index (χ2v) is 5.44. The van der Waals surface area contributed by atoms with Gasteiger partial charge in [0.2, 0.25) is 0 Å². The van der Waals surface area contributed by atoms with Crippen molar-refractivity contribution in [3.05, 3.63) is 52.1 Å². The molecule has 1 atom stereocenters. The number of aliphatic hydroxyl groups excluding tert-OH is 1. The molecule has 2 aromatic rings. The molecule has 1 N–H and O–H groups in total. The molecule has 4 heteroatoms. The third-order valence-corrected chi connectivity index (χ3v) is 4.04. The van der Waals surface area contributed by atoms with Crippen LogP contribution in [0.1, 0.15) is 35.9 Å². The van der Waals surface area contributed by atoms with Crippen LogP contribution in [0.2, 0.25) is 5.02 Å². The highest BCUT2D eigenvalue weighted by Gasteiger charge is 2.23. The van der Waals surface area contributed by atoms with Gasteiger partial charge in [0.15, 0.2) is 0 Å². The molecule has 0 aliphatic heterocycles. The molecule has 100 valence electrons.